The van der Waals surface area contributed by atoms with Crippen LogP contribution in [0.1, 0.15) is 43.2 Å². The van der Waals surface area contributed by atoms with E-state index in [2.05, 4.69) is 29.6 Å². The van der Waals surface area contributed by atoms with E-state index < -0.39 is 17.6 Å². The minimum absolute atomic E-state index is 0.00210. The molecule has 2 N–H and O–H groups in total. The largest absolute Gasteiger partial charge is 0.480 e. The zero-order valence-corrected chi connectivity index (χ0v) is 18.6. The second-order valence-electron chi connectivity index (χ2n) is 9.48. The van der Waals surface area contributed by atoms with Crippen LogP contribution in [0, 0.1) is 11.8 Å². The number of aliphatic carboxylic acids is 1. The molecule has 5 rings (SSSR count). The molecule has 7 nitrogen and oxygen atoms in total. The standard InChI is InChI=1S/C26H28N2O5/c1-26(24(30)31)11-6-12-28(26)23(29)21-13-16(21)14-27-25(32)33-15-22-19-9-4-2-7-17(19)18-8-3-5-10-20(18)22/h2-5,7-10,16,21-22H,6,11-15H2,1H3,(H,27,32)(H,30,31)/t16-,21-,26?/m0/s1. The Morgan fingerprint density at radius 3 is 2.36 bits per heavy atom. The minimum atomic E-state index is -1.12. The molecule has 7 heteroatoms. The molecule has 2 aromatic carbocycles. The smallest absolute Gasteiger partial charge is 0.407 e. The Hall–Kier alpha value is -3.35. The van der Waals surface area contributed by atoms with Gasteiger partial charge < -0.3 is 20.1 Å². The lowest BCUT2D eigenvalue weighted by Crippen LogP contribution is -2.51. The van der Waals surface area contributed by atoms with Crippen LogP contribution in [0.3, 0.4) is 0 Å². The molecular formula is C26H28N2O5. The Morgan fingerprint density at radius 2 is 1.73 bits per heavy atom. The molecule has 1 heterocycles. The highest BCUT2D eigenvalue weighted by Gasteiger charge is 2.52. The number of benzene rings is 2. The first-order valence-corrected chi connectivity index (χ1v) is 11.5. The van der Waals surface area contributed by atoms with Gasteiger partial charge in [0.25, 0.3) is 0 Å². The van der Waals surface area contributed by atoms with Crippen LogP contribution in [-0.2, 0) is 14.3 Å². The summed E-state index contributed by atoms with van der Waals surface area (Å²) in [4.78, 5) is 38.4. The Labute approximate surface area is 192 Å². The van der Waals surface area contributed by atoms with Crippen molar-refractivity contribution >= 4 is 18.0 Å². The summed E-state index contributed by atoms with van der Waals surface area (Å²) in [6.45, 7) is 2.69. The molecule has 1 saturated heterocycles. The number of fused-ring (bicyclic) bond motifs is 3. The summed E-state index contributed by atoms with van der Waals surface area (Å²) in [7, 11) is 0. The maximum Gasteiger partial charge on any atom is 0.407 e. The summed E-state index contributed by atoms with van der Waals surface area (Å²) in [5, 5.41) is 12.3. The van der Waals surface area contributed by atoms with Gasteiger partial charge in [-0.25, -0.2) is 9.59 Å². The lowest BCUT2D eigenvalue weighted by molar-refractivity contribution is -0.155. The van der Waals surface area contributed by atoms with Gasteiger partial charge in [0.15, 0.2) is 0 Å². The molecule has 33 heavy (non-hydrogen) atoms. The van der Waals surface area contributed by atoms with Gasteiger partial charge in [0.05, 0.1) is 0 Å². The zero-order chi connectivity index (χ0) is 23.2. The van der Waals surface area contributed by atoms with Crippen molar-refractivity contribution in [2.45, 2.75) is 37.6 Å². The number of hydrogen-bond acceptors (Lipinski definition) is 4. The summed E-state index contributed by atoms with van der Waals surface area (Å²) in [6, 6.07) is 16.4. The lowest BCUT2D eigenvalue weighted by Gasteiger charge is -2.31. The summed E-state index contributed by atoms with van der Waals surface area (Å²) < 4.78 is 5.55. The van der Waals surface area contributed by atoms with Crippen LogP contribution in [0.25, 0.3) is 11.1 Å². The number of rotatable bonds is 6. The first-order valence-electron chi connectivity index (χ1n) is 11.5. The maximum absolute atomic E-state index is 12.8. The number of amides is 2. The summed E-state index contributed by atoms with van der Waals surface area (Å²) >= 11 is 0. The molecule has 3 aliphatic rings. The molecule has 0 radical (unpaired) electrons. The topological polar surface area (TPSA) is 95.9 Å². The normalized spacial score (nSPS) is 25.3. The zero-order valence-electron chi connectivity index (χ0n) is 18.6. The van der Waals surface area contributed by atoms with Crippen molar-refractivity contribution in [3.63, 3.8) is 0 Å². The van der Waals surface area contributed by atoms with Gasteiger partial charge in [0.2, 0.25) is 5.91 Å². The van der Waals surface area contributed by atoms with E-state index in [4.69, 9.17) is 4.74 Å². The molecule has 2 amide bonds. The van der Waals surface area contributed by atoms with Crippen molar-refractivity contribution < 1.29 is 24.2 Å². The summed E-state index contributed by atoms with van der Waals surface area (Å²) in [6.07, 6.45) is 1.34. The third-order valence-electron chi connectivity index (χ3n) is 7.46. The Balaban J connectivity index is 1.13. The van der Waals surface area contributed by atoms with Crippen molar-refractivity contribution in [3.8, 4) is 11.1 Å². The van der Waals surface area contributed by atoms with Crippen LogP contribution in [0.5, 0.6) is 0 Å². The highest BCUT2D eigenvalue weighted by atomic mass is 16.5. The minimum Gasteiger partial charge on any atom is -0.480 e. The number of alkyl carbamates (subject to hydrolysis) is 1. The van der Waals surface area contributed by atoms with Crippen molar-refractivity contribution in [1.29, 1.82) is 0 Å². The van der Waals surface area contributed by atoms with Crippen LogP contribution in [-0.4, -0.2) is 53.2 Å². The molecule has 2 aliphatic carbocycles. The SMILES string of the molecule is CC1(C(=O)O)CCCN1C(=O)[C@H]1C[C@H]1CNC(=O)OCC1c2ccccc2-c2ccccc21. The Morgan fingerprint density at radius 1 is 1.09 bits per heavy atom. The first kappa shape index (κ1) is 21.5. The quantitative estimate of drug-likeness (QED) is 0.704. The summed E-state index contributed by atoms with van der Waals surface area (Å²) in [5.41, 5.74) is 3.55. The molecule has 2 fully saturated rings. The average molecular weight is 449 g/mol. The number of carbonyl (C=O) groups is 3. The van der Waals surface area contributed by atoms with Gasteiger partial charge in [-0.2, -0.15) is 0 Å². The molecule has 0 bridgehead atoms. The third-order valence-corrected chi connectivity index (χ3v) is 7.46. The Kier molecular flexibility index (Phi) is 5.35. The Bertz CT molecular complexity index is 1070. The number of likely N-dealkylation sites (tertiary alicyclic amines) is 1. The molecule has 0 aromatic heterocycles. The molecule has 1 saturated carbocycles. The van der Waals surface area contributed by atoms with Gasteiger partial charge >= 0.3 is 12.1 Å². The van der Waals surface area contributed by atoms with E-state index in [1.807, 2.05) is 24.3 Å². The van der Waals surface area contributed by atoms with Crippen molar-refractivity contribution in [3.05, 3.63) is 59.7 Å². The van der Waals surface area contributed by atoms with Crippen LogP contribution in [0.2, 0.25) is 0 Å². The number of nitrogens with zero attached hydrogens (tertiary/aromatic N) is 1. The molecular weight excluding hydrogens is 420 g/mol. The van der Waals surface area contributed by atoms with E-state index in [0.29, 0.717) is 32.4 Å². The van der Waals surface area contributed by atoms with Gasteiger partial charge in [-0.1, -0.05) is 48.5 Å². The van der Waals surface area contributed by atoms with Crippen LogP contribution >= 0.6 is 0 Å². The number of hydrogen-bond donors (Lipinski definition) is 2. The highest BCUT2D eigenvalue weighted by molar-refractivity contribution is 5.90. The third kappa shape index (κ3) is 3.75. The van der Waals surface area contributed by atoms with Gasteiger partial charge in [-0.15, -0.1) is 0 Å². The number of carboxylic acid groups (broad SMARTS) is 1. The van der Waals surface area contributed by atoms with Crippen LogP contribution in [0.15, 0.2) is 48.5 Å². The lowest BCUT2D eigenvalue weighted by atomic mass is 9.98. The highest BCUT2D eigenvalue weighted by Crippen LogP contribution is 2.45. The van der Waals surface area contributed by atoms with E-state index in [-0.39, 0.29) is 30.3 Å². The summed E-state index contributed by atoms with van der Waals surface area (Å²) in [5.74, 6) is -1.27. The maximum atomic E-state index is 12.8. The number of nitrogens with one attached hydrogen (secondary N) is 1. The average Bonchev–Trinajstić information content (AvgIpc) is 3.38. The number of ether oxygens (including phenoxy) is 1. The second-order valence-corrected chi connectivity index (χ2v) is 9.48. The first-order chi connectivity index (χ1) is 15.9. The van der Waals surface area contributed by atoms with E-state index in [1.54, 1.807) is 6.92 Å². The van der Waals surface area contributed by atoms with Gasteiger partial charge in [-0.3, -0.25) is 4.79 Å². The predicted octanol–water partition coefficient (Wildman–Crippen LogP) is 3.63. The van der Waals surface area contributed by atoms with Crippen LogP contribution < -0.4 is 5.32 Å². The fraction of sp³-hybridized carbons (Fsp3) is 0.423. The van der Waals surface area contributed by atoms with Crippen molar-refractivity contribution in [2.75, 3.05) is 19.7 Å². The van der Waals surface area contributed by atoms with Crippen LogP contribution in [0.4, 0.5) is 4.79 Å². The number of carboxylic acids is 1. The van der Waals surface area contributed by atoms with Crippen molar-refractivity contribution in [2.24, 2.45) is 11.8 Å². The number of carbonyl (C=O) groups excluding carboxylic acids is 2. The monoisotopic (exact) mass is 448 g/mol. The molecule has 1 unspecified atom stereocenters. The van der Waals surface area contributed by atoms with E-state index in [9.17, 15) is 19.5 Å². The fourth-order valence-corrected chi connectivity index (χ4v) is 5.38. The van der Waals surface area contributed by atoms with Gasteiger partial charge in [0, 0.05) is 24.9 Å². The second kappa shape index (κ2) is 8.21. The molecule has 1 aliphatic heterocycles. The fourth-order valence-electron chi connectivity index (χ4n) is 5.38. The van der Waals surface area contributed by atoms with Crippen molar-refractivity contribution in [1.82, 2.24) is 10.2 Å². The van der Waals surface area contributed by atoms with E-state index in [1.165, 1.54) is 16.0 Å². The van der Waals surface area contributed by atoms with Gasteiger partial charge in [-0.05, 0) is 54.4 Å². The molecule has 2 aromatic rings. The van der Waals surface area contributed by atoms with Gasteiger partial charge in [0.1, 0.15) is 12.1 Å². The molecule has 0 spiro atoms. The van der Waals surface area contributed by atoms with E-state index in [0.717, 1.165) is 11.1 Å². The van der Waals surface area contributed by atoms with E-state index >= 15 is 0 Å². The predicted molar refractivity (Wildman–Crippen MR) is 122 cm³/mol. The molecule has 172 valence electrons. The molecule has 3 atom stereocenters.